The maximum Gasteiger partial charge on any atom is 0.222 e. The molecule has 0 saturated carbocycles. The Hall–Kier alpha value is -2.42. The lowest BCUT2D eigenvalue weighted by Gasteiger charge is -2.13. The summed E-state index contributed by atoms with van der Waals surface area (Å²) in [6.45, 7) is 12.3. The van der Waals surface area contributed by atoms with Gasteiger partial charge in [-0.15, -0.1) is 23.1 Å². The minimum Gasteiger partial charge on any atom is -0.441 e. The van der Waals surface area contributed by atoms with Gasteiger partial charge in [-0.3, -0.25) is 4.79 Å². The number of nitrogens with two attached hydrogens (primary N) is 1. The van der Waals surface area contributed by atoms with Gasteiger partial charge in [-0.25, -0.2) is 9.97 Å². The topological polar surface area (TPSA) is 94.0 Å². The van der Waals surface area contributed by atoms with Gasteiger partial charge in [-0.2, -0.15) is 0 Å². The second kappa shape index (κ2) is 9.16. The molecule has 0 aliphatic carbocycles. The molecule has 2 heterocycles. The molecule has 0 radical (unpaired) electrons. The molecule has 0 aliphatic heterocycles. The van der Waals surface area contributed by atoms with Crippen LogP contribution >= 0.6 is 23.1 Å². The summed E-state index contributed by atoms with van der Waals surface area (Å²) in [5.74, 6) is 2.34. The number of aromatic nitrogens is 2. The lowest BCUT2D eigenvalue weighted by atomic mass is 9.94. The van der Waals surface area contributed by atoms with E-state index in [9.17, 15) is 4.79 Å². The number of nitrogens with one attached hydrogen (secondary N) is 1. The zero-order valence-electron chi connectivity index (χ0n) is 17.6. The van der Waals surface area contributed by atoms with Gasteiger partial charge in [0.25, 0.3) is 0 Å². The Kier molecular flexibility index (Phi) is 6.80. The van der Waals surface area contributed by atoms with E-state index in [1.54, 1.807) is 18.0 Å². The number of carbonyl (C=O) groups is 1. The molecule has 0 spiro atoms. The molecule has 6 nitrogen and oxygen atoms in total. The van der Waals surface area contributed by atoms with Gasteiger partial charge < -0.3 is 15.5 Å². The van der Waals surface area contributed by atoms with Crippen molar-refractivity contribution in [1.82, 2.24) is 9.97 Å². The fourth-order valence-corrected chi connectivity index (χ4v) is 4.63. The Balaban J connectivity index is 1.78. The van der Waals surface area contributed by atoms with Crippen LogP contribution in [-0.4, -0.2) is 21.6 Å². The Labute approximate surface area is 185 Å². The highest BCUT2D eigenvalue weighted by Gasteiger charge is 2.21. The number of oxazole rings is 1. The van der Waals surface area contributed by atoms with Crippen molar-refractivity contribution in [2.45, 2.75) is 43.9 Å². The van der Waals surface area contributed by atoms with Crippen LogP contribution in [0.5, 0.6) is 0 Å². The summed E-state index contributed by atoms with van der Waals surface area (Å²) in [7, 11) is 0. The first-order chi connectivity index (χ1) is 14.2. The van der Waals surface area contributed by atoms with Crippen molar-refractivity contribution in [3.05, 3.63) is 54.3 Å². The molecule has 0 aliphatic rings. The van der Waals surface area contributed by atoms with E-state index in [4.69, 9.17) is 10.2 Å². The van der Waals surface area contributed by atoms with Crippen molar-refractivity contribution in [1.29, 1.82) is 0 Å². The van der Waals surface area contributed by atoms with Gasteiger partial charge in [0.05, 0.1) is 6.20 Å². The summed E-state index contributed by atoms with van der Waals surface area (Å²) < 4.78 is 6.78. The van der Waals surface area contributed by atoms with Gasteiger partial charge in [-0.1, -0.05) is 51.6 Å². The summed E-state index contributed by atoms with van der Waals surface area (Å²) in [5, 5.41) is 3.66. The average Bonchev–Trinajstić information content (AvgIpc) is 3.33. The first kappa shape index (κ1) is 22.3. The van der Waals surface area contributed by atoms with Crippen LogP contribution in [0, 0.1) is 0 Å². The van der Waals surface area contributed by atoms with Crippen molar-refractivity contribution in [3.63, 3.8) is 0 Å². The van der Waals surface area contributed by atoms with Crippen molar-refractivity contribution in [2.24, 2.45) is 5.73 Å². The lowest BCUT2D eigenvalue weighted by molar-refractivity contribution is -0.114. The maximum atomic E-state index is 11.6. The van der Waals surface area contributed by atoms with Crippen LogP contribution < -0.4 is 11.1 Å². The predicted octanol–water partition coefficient (Wildman–Crippen LogP) is 5.32. The normalized spacial score (nSPS) is 11.5. The fourth-order valence-electron chi connectivity index (χ4n) is 2.56. The van der Waals surface area contributed by atoms with Gasteiger partial charge in [-0.05, 0) is 5.56 Å². The number of nitrogens with zero attached hydrogens (tertiary/aromatic N) is 2. The third kappa shape index (κ3) is 5.38. The van der Waals surface area contributed by atoms with E-state index in [0.29, 0.717) is 24.0 Å². The van der Waals surface area contributed by atoms with Gasteiger partial charge in [0, 0.05) is 35.8 Å². The van der Waals surface area contributed by atoms with Crippen LogP contribution in [0.3, 0.4) is 0 Å². The quantitative estimate of drug-likeness (QED) is 0.481. The predicted molar refractivity (Wildman–Crippen MR) is 125 cm³/mol. The minimum atomic E-state index is -0.159. The Morgan fingerprint density at radius 3 is 2.57 bits per heavy atom. The molecule has 0 bridgehead atoms. The number of amides is 1. The number of benzene rings is 1. The highest BCUT2D eigenvalue weighted by Crippen LogP contribution is 2.39. The Bertz CT molecular complexity index is 1050. The zero-order chi connectivity index (χ0) is 21.9. The van der Waals surface area contributed by atoms with Crippen LogP contribution in [0.4, 0.5) is 5.82 Å². The number of hydrogen-bond donors (Lipinski definition) is 2. The third-order valence-electron chi connectivity index (χ3n) is 4.25. The van der Waals surface area contributed by atoms with E-state index >= 15 is 0 Å². The summed E-state index contributed by atoms with van der Waals surface area (Å²) in [6.07, 6.45) is 1.75. The van der Waals surface area contributed by atoms with Crippen LogP contribution in [0.1, 0.15) is 44.9 Å². The number of hydrogen-bond acceptors (Lipinski definition) is 7. The molecule has 0 saturated heterocycles. The third-order valence-corrected chi connectivity index (χ3v) is 6.70. The van der Waals surface area contributed by atoms with E-state index in [0.717, 1.165) is 31.7 Å². The molecule has 0 unspecified atom stereocenters. The molecule has 158 valence electrons. The van der Waals surface area contributed by atoms with E-state index in [2.05, 4.69) is 42.6 Å². The molecule has 30 heavy (non-hydrogen) atoms. The van der Waals surface area contributed by atoms with E-state index in [1.165, 1.54) is 18.3 Å². The highest BCUT2D eigenvalue weighted by molar-refractivity contribution is 8.01. The highest BCUT2D eigenvalue weighted by atomic mass is 32.2. The van der Waals surface area contributed by atoms with Crippen molar-refractivity contribution in [2.75, 3.05) is 11.1 Å². The van der Waals surface area contributed by atoms with Crippen LogP contribution in [0.2, 0.25) is 0 Å². The molecule has 1 aromatic carbocycles. The van der Waals surface area contributed by atoms with Crippen LogP contribution in [-0.2, 0) is 16.8 Å². The van der Waals surface area contributed by atoms with Crippen LogP contribution in [0.15, 0.2) is 45.7 Å². The van der Waals surface area contributed by atoms with E-state index in [-0.39, 0.29) is 11.3 Å². The lowest BCUT2D eigenvalue weighted by Crippen LogP contribution is -2.09. The summed E-state index contributed by atoms with van der Waals surface area (Å²) in [5.41, 5.74) is 8.40. The number of anilines is 1. The average molecular weight is 443 g/mol. The summed E-state index contributed by atoms with van der Waals surface area (Å²) >= 11 is 3.08. The van der Waals surface area contributed by atoms with Crippen molar-refractivity contribution in [3.8, 4) is 10.6 Å². The standard InChI is InChI=1S/C22H26N4O2S2/c1-13(19-24-11-17(28-19)22(3,4)5)12-29-21-18(25-14(2)27)26-20(30-21)16-8-6-15(10-23)7-9-16/h6-9,11H,1,10,12,23H2,2-5H3,(H,25,27). The number of thiazole rings is 1. The zero-order valence-corrected chi connectivity index (χ0v) is 19.2. The maximum absolute atomic E-state index is 11.6. The van der Waals surface area contributed by atoms with Crippen LogP contribution in [0.25, 0.3) is 16.1 Å². The van der Waals surface area contributed by atoms with Crippen molar-refractivity contribution >= 4 is 40.4 Å². The second-order valence-electron chi connectivity index (χ2n) is 7.91. The molecule has 3 aromatic rings. The van der Waals surface area contributed by atoms with Gasteiger partial charge in [0.15, 0.2) is 5.82 Å². The van der Waals surface area contributed by atoms with E-state index < -0.39 is 0 Å². The van der Waals surface area contributed by atoms with Gasteiger partial charge >= 0.3 is 0 Å². The second-order valence-corrected chi connectivity index (χ2v) is 10.2. The Morgan fingerprint density at radius 2 is 2.00 bits per heavy atom. The fraction of sp³-hybridized carbons (Fsp3) is 0.318. The molecule has 1 amide bonds. The summed E-state index contributed by atoms with van der Waals surface area (Å²) in [4.78, 5) is 20.6. The number of carbonyl (C=O) groups excluding carboxylic acids is 1. The largest absolute Gasteiger partial charge is 0.441 e. The van der Waals surface area contributed by atoms with E-state index in [1.807, 2.05) is 24.3 Å². The molecule has 2 aromatic heterocycles. The minimum absolute atomic E-state index is 0.108. The molecule has 3 rings (SSSR count). The molecular formula is C22H26N4O2S2. The number of rotatable bonds is 7. The summed E-state index contributed by atoms with van der Waals surface area (Å²) in [6, 6.07) is 7.96. The molecule has 8 heteroatoms. The molecular weight excluding hydrogens is 416 g/mol. The monoisotopic (exact) mass is 442 g/mol. The SMILES string of the molecule is C=C(CSc1sc(-c2ccc(CN)cc2)nc1NC(C)=O)c1ncc(C(C)(C)C)o1. The smallest absolute Gasteiger partial charge is 0.222 e. The Morgan fingerprint density at radius 1 is 1.30 bits per heavy atom. The number of thioether (sulfide) groups is 1. The van der Waals surface area contributed by atoms with Crippen molar-refractivity contribution < 1.29 is 9.21 Å². The first-order valence-corrected chi connectivity index (χ1v) is 11.3. The molecule has 0 atom stereocenters. The molecule has 0 fully saturated rings. The van der Waals surface area contributed by atoms with Gasteiger partial charge in [0.1, 0.15) is 15.0 Å². The first-order valence-electron chi connectivity index (χ1n) is 9.52. The molecule has 3 N–H and O–H groups in total. The van der Waals surface area contributed by atoms with Gasteiger partial charge in [0.2, 0.25) is 11.8 Å².